The second-order valence-electron chi connectivity index (χ2n) is 37.1. The van der Waals surface area contributed by atoms with E-state index in [1.54, 1.807) is 22.0 Å². The molecule has 5 aliphatic carbocycles. The topological polar surface area (TPSA) is 269 Å². The van der Waals surface area contributed by atoms with Crippen LogP contribution in [-0.4, -0.2) is 144 Å². The number of amides is 3. The fourth-order valence-corrected chi connectivity index (χ4v) is 18.4. The zero-order valence-electron chi connectivity index (χ0n) is 72.5. The number of thiophene rings is 3. The van der Waals surface area contributed by atoms with Gasteiger partial charge in [-0.1, -0.05) is 61.4 Å². The number of rotatable bonds is 21. The monoisotopic (exact) mass is 1660 g/mol. The molecule has 117 heavy (non-hydrogen) atoms. The number of anilines is 4. The number of hydrogen-bond donors (Lipinski definition) is 4. The van der Waals surface area contributed by atoms with Gasteiger partial charge in [0.15, 0.2) is 11.7 Å². The van der Waals surface area contributed by atoms with Crippen molar-refractivity contribution >= 4 is 98.2 Å². The van der Waals surface area contributed by atoms with E-state index in [1.165, 1.54) is 11.3 Å². The molecule has 1 saturated heterocycles. The van der Waals surface area contributed by atoms with Crippen LogP contribution >= 0.6 is 34.0 Å². The molecule has 0 unspecified atom stereocenters. The summed E-state index contributed by atoms with van der Waals surface area (Å²) < 4.78 is 7.64. The summed E-state index contributed by atoms with van der Waals surface area (Å²) in [7, 11) is 3.87. The van der Waals surface area contributed by atoms with Crippen LogP contribution in [0, 0.1) is 94.2 Å². The number of carboxylic acids is 3. The molecule has 23 nitrogen and oxygen atoms in total. The molecule has 11 rings (SSSR count). The minimum absolute atomic E-state index is 0.0112. The maximum Gasteiger partial charge on any atom is 0.348 e. The van der Waals surface area contributed by atoms with Gasteiger partial charge in [-0.3, -0.25) is 19.4 Å². The third kappa shape index (κ3) is 27.2. The Kier molecular flexibility index (Phi) is 32.3. The van der Waals surface area contributed by atoms with Gasteiger partial charge in [-0.05, 0) is 292 Å². The van der Waals surface area contributed by atoms with Gasteiger partial charge in [0.1, 0.15) is 20.2 Å². The van der Waals surface area contributed by atoms with E-state index in [0.717, 1.165) is 169 Å². The normalized spacial score (nSPS) is 21.9. The zero-order valence-corrected chi connectivity index (χ0v) is 75.0. The smallest absolute Gasteiger partial charge is 0.348 e. The number of carbonyl (C=O) groups excluding carboxylic acids is 3. The largest absolute Gasteiger partial charge is 0.477 e. The summed E-state index contributed by atoms with van der Waals surface area (Å²) >= 11 is 3.47. The maximum absolute atomic E-state index is 14.1. The number of likely N-dealkylation sites (tertiary alicyclic amines) is 1. The van der Waals surface area contributed by atoms with Crippen LogP contribution in [0.4, 0.5) is 22.9 Å². The van der Waals surface area contributed by atoms with Crippen molar-refractivity contribution in [3.05, 3.63) is 96.2 Å². The van der Waals surface area contributed by atoms with Crippen molar-refractivity contribution in [2.24, 2.45) is 56.9 Å². The third-order valence-electron chi connectivity index (χ3n) is 22.4. The Balaban J connectivity index is 0.000000200. The minimum Gasteiger partial charge on any atom is -0.477 e. The molecule has 4 N–H and O–H groups in total. The molecule has 3 amide bonds. The lowest BCUT2D eigenvalue weighted by Crippen LogP contribution is -2.55. The average molecular weight is 1660 g/mol. The molecule has 1 aliphatic heterocycles. The Morgan fingerprint density at radius 3 is 1.37 bits per heavy atom. The van der Waals surface area contributed by atoms with Gasteiger partial charge >= 0.3 is 17.9 Å². The number of hydrogen-bond acceptors (Lipinski definition) is 19. The van der Waals surface area contributed by atoms with E-state index in [1.807, 2.05) is 160 Å². The first-order valence-electron chi connectivity index (χ1n) is 42.1. The first kappa shape index (κ1) is 92.3. The Morgan fingerprint density at radius 2 is 0.974 bits per heavy atom. The highest BCUT2D eigenvalue weighted by atomic mass is 32.1. The quantitative estimate of drug-likeness (QED) is 0.0302. The van der Waals surface area contributed by atoms with E-state index in [-0.39, 0.29) is 103 Å². The van der Waals surface area contributed by atoms with Gasteiger partial charge in [-0.25, -0.2) is 34.5 Å². The lowest BCUT2D eigenvalue weighted by atomic mass is 9.81. The SMILES string of the molecule is C=C(OC(C)(C)C)N1CCC(N(C)N(C(=O)C2CCC(C)CC2)c2cc(C#CC(C)(C)C)sc2C(=O)O)CC1.CC1CCC(C(=O)N(c2cc(C#CC(C)(C)C)sc2C(=O)O)C2CCC(=NOCn3cccn3)CC2)CC1.Cc1ccc(N(C)NC2CCC(N(C(=O)C3CCC(C)CC3)c3cc(C#CC(C)(C)C)sc3C(=O)O)CC2)nn1. The summed E-state index contributed by atoms with van der Waals surface area (Å²) in [5, 5.41) is 52.8. The molecule has 0 radical (unpaired) electrons. The van der Waals surface area contributed by atoms with Gasteiger partial charge in [0.2, 0.25) is 24.5 Å². The van der Waals surface area contributed by atoms with Crippen LogP contribution in [0.1, 0.15) is 294 Å². The molecule has 5 saturated carbocycles. The second-order valence-corrected chi connectivity index (χ2v) is 40.3. The minimum atomic E-state index is -1.03. The fraction of sp³-hybridized carbons (Fsp3) is 0.626. The number of hydrazine groups is 2. The van der Waals surface area contributed by atoms with E-state index < -0.39 is 17.9 Å². The van der Waals surface area contributed by atoms with E-state index in [0.29, 0.717) is 81.0 Å². The van der Waals surface area contributed by atoms with E-state index in [2.05, 4.69) is 93.7 Å². The van der Waals surface area contributed by atoms with Crippen LogP contribution in [-0.2, 0) is 30.7 Å². The summed E-state index contributed by atoms with van der Waals surface area (Å²) in [5.74, 6) is 19.2. The van der Waals surface area contributed by atoms with Gasteiger partial charge in [-0.15, -0.1) is 39.1 Å². The van der Waals surface area contributed by atoms with Crippen LogP contribution < -0.4 is 25.2 Å². The highest BCUT2D eigenvalue weighted by Gasteiger charge is 2.42. The standard InChI is InChI=1S/C31H43N5O3S.C31H47N3O4S.C29H38N4O4S/c1-20-7-10-22(11-8-20)29(37)36(26-19-25(17-18-31(3,4)5)40-28(26)30(38)39)24-14-12-23(13-15-24)34-35(6)27-16-9-21(2)32-33-27;1-21-10-12-23(13-11-21)28(35)34(26-20-25(14-17-30(3,4)5)39-27(26)29(36)37)32(9)24-15-18-33(19-16-24)22(2)38-31(6,7)8;1-20-6-8-21(9-7-20)27(34)33(25-18-24(14-15-29(2,3)4)38-26(25)28(35)36)23-12-10-22(11-13-23)31-37-19-32-17-5-16-30-32/h9,16,19-20,22-24,34H,7-8,10-15H2,1-6H3,(H,38,39);20-21,23-24H,2,10-13,15-16,18-19H2,1,3-9H3,(H,36,37);5,16-18,20-21,23H,6-13,19H2,1-4H3,(H,35,36). The molecule has 5 aromatic rings. The summed E-state index contributed by atoms with van der Waals surface area (Å²) in [6.45, 7) is 38.8. The molecule has 0 aromatic carbocycles. The zero-order chi connectivity index (χ0) is 85.4. The Morgan fingerprint density at radius 1 is 0.556 bits per heavy atom. The number of oxime groups is 1. The molecule has 636 valence electrons. The van der Waals surface area contributed by atoms with Crippen LogP contribution in [0.25, 0.3) is 0 Å². The van der Waals surface area contributed by atoms with Gasteiger partial charge in [0.05, 0.1) is 43.1 Å². The van der Waals surface area contributed by atoms with Crippen molar-refractivity contribution in [3.63, 3.8) is 0 Å². The molecule has 6 aliphatic rings. The number of piperidine rings is 1. The Labute approximate surface area is 707 Å². The van der Waals surface area contributed by atoms with Crippen molar-refractivity contribution in [1.29, 1.82) is 0 Å². The number of nitrogens with zero attached hydrogens (tertiary/aromatic N) is 11. The molecule has 6 fully saturated rings. The van der Waals surface area contributed by atoms with Crippen LogP contribution in [0.2, 0.25) is 0 Å². The highest BCUT2D eigenvalue weighted by Crippen LogP contribution is 2.43. The summed E-state index contributed by atoms with van der Waals surface area (Å²) in [5.41, 5.74) is 5.85. The number of aryl methyl sites for hydroxylation is 1. The predicted molar refractivity (Wildman–Crippen MR) is 468 cm³/mol. The van der Waals surface area contributed by atoms with Gasteiger partial charge in [-0.2, -0.15) is 10.2 Å². The summed E-state index contributed by atoms with van der Waals surface area (Å²) in [6.07, 6.45) is 22.4. The highest BCUT2D eigenvalue weighted by molar-refractivity contribution is 7.16. The molecule has 0 bridgehead atoms. The van der Waals surface area contributed by atoms with Crippen molar-refractivity contribution in [3.8, 4) is 35.5 Å². The van der Waals surface area contributed by atoms with Crippen LogP contribution in [0.15, 0.2) is 66.4 Å². The first-order chi connectivity index (χ1) is 55.1. The number of nitrogens with one attached hydrogen (secondary N) is 1. The van der Waals surface area contributed by atoms with Crippen molar-refractivity contribution in [2.75, 3.05) is 47.0 Å². The predicted octanol–water partition coefficient (Wildman–Crippen LogP) is 18.8. The third-order valence-corrected chi connectivity index (χ3v) is 25.5. The van der Waals surface area contributed by atoms with Crippen molar-refractivity contribution < 1.29 is 53.7 Å². The van der Waals surface area contributed by atoms with Crippen molar-refractivity contribution in [2.45, 2.75) is 289 Å². The average Bonchev–Trinajstić information content (AvgIpc) is 1.71. The Hall–Kier alpha value is -8.58. The first-order valence-corrected chi connectivity index (χ1v) is 44.5. The Bertz CT molecular complexity index is 4430. The lowest BCUT2D eigenvalue weighted by molar-refractivity contribution is -0.127. The fourth-order valence-electron chi connectivity index (χ4n) is 15.9. The van der Waals surface area contributed by atoms with E-state index in [4.69, 9.17) is 9.57 Å². The molecule has 6 heterocycles. The molecule has 26 heteroatoms. The number of aromatic carboxylic acids is 3. The second kappa shape index (κ2) is 40.9. The molecule has 5 aromatic heterocycles. The van der Waals surface area contributed by atoms with Gasteiger partial charge in [0, 0.05) is 97.7 Å². The van der Waals surface area contributed by atoms with Crippen LogP contribution in [0.5, 0.6) is 0 Å². The number of ether oxygens (including phenoxy) is 1. The summed E-state index contributed by atoms with van der Waals surface area (Å²) in [4.78, 5) is 93.3. The van der Waals surface area contributed by atoms with Gasteiger partial charge in [0.25, 0.3) is 0 Å². The van der Waals surface area contributed by atoms with E-state index in [9.17, 15) is 44.1 Å². The molecule has 0 spiro atoms. The van der Waals surface area contributed by atoms with Crippen molar-refractivity contribution in [1.82, 2.24) is 35.3 Å². The maximum atomic E-state index is 14.1. The molecule has 0 atom stereocenters. The molecular weight excluding hydrogens is 1530 g/mol. The van der Waals surface area contributed by atoms with E-state index >= 15 is 0 Å². The summed E-state index contributed by atoms with van der Waals surface area (Å²) in [6, 6.07) is 11.3. The molecular formula is C91H128N12O11S3. The number of aromatic nitrogens is 4. The number of carboxylic acid groups (broad SMARTS) is 3. The number of carbonyl (C=O) groups is 6. The van der Waals surface area contributed by atoms with Crippen LogP contribution in [0.3, 0.4) is 0 Å². The van der Waals surface area contributed by atoms with Gasteiger partial charge < -0.3 is 39.6 Å². The lowest BCUT2D eigenvalue weighted by Gasteiger charge is -2.44.